The number of carbonyl (C=O) groups is 1. The fraction of sp³-hybridized carbons (Fsp3) is 0.632. The Kier molecular flexibility index (Phi) is 5.15. The summed E-state index contributed by atoms with van der Waals surface area (Å²) in [4.78, 5) is 12.5. The fourth-order valence-corrected chi connectivity index (χ4v) is 3.84. The molecular formula is C19H29NO2. The summed E-state index contributed by atoms with van der Waals surface area (Å²) in [7, 11) is 1.67. The minimum atomic E-state index is -0.0550. The minimum Gasteiger partial charge on any atom is -0.496 e. The normalized spacial score (nSPS) is 24.9. The second-order valence-corrected chi connectivity index (χ2v) is 7.25. The van der Waals surface area contributed by atoms with Gasteiger partial charge in [-0.15, -0.1) is 0 Å². The van der Waals surface area contributed by atoms with Gasteiger partial charge >= 0.3 is 0 Å². The highest BCUT2D eigenvalue weighted by Crippen LogP contribution is 2.32. The number of benzene rings is 1. The van der Waals surface area contributed by atoms with E-state index in [1.54, 1.807) is 7.11 Å². The fourth-order valence-electron chi connectivity index (χ4n) is 3.84. The first-order chi connectivity index (χ1) is 10.3. The van der Waals surface area contributed by atoms with Crippen LogP contribution in [0.4, 0.5) is 0 Å². The number of aryl methyl sites for hydroxylation is 2. The molecule has 1 aromatic rings. The van der Waals surface area contributed by atoms with E-state index in [-0.39, 0.29) is 11.4 Å². The largest absolute Gasteiger partial charge is 0.496 e. The summed E-state index contributed by atoms with van der Waals surface area (Å²) in [6.45, 7) is 8.54. The standard InChI is InChI=1S/C19H29NO2/c1-13-7-6-8-19(4,12-13)20-18(21)11-16-15(3)9-14(2)10-17(16)22-5/h9-10,13H,6-8,11-12H2,1-5H3,(H,20,21). The van der Waals surface area contributed by atoms with Gasteiger partial charge in [0.25, 0.3) is 0 Å². The Morgan fingerprint density at radius 1 is 1.41 bits per heavy atom. The number of carbonyl (C=O) groups excluding carboxylic acids is 1. The van der Waals surface area contributed by atoms with Crippen LogP contribution in [-0.2, 0) is 11.2 Å². The van der Waals surface area contributed by atoms with E-state index >= 15 is 0 Å². The van der Waals surface area contributed by atoms with Gasteiger partial charge in [0.2, 0.25) is 5.91 Å². The SMILES string of the molecule is COc1cc(C)cc(C)c1CC(=O)NC1(C)CCCC(C)C1. The maximum absolute atomic E-state index is 12.5. The molecule has 122 valence electrons. The summed E-state index contributed by atoms with van der Waals surface area (Å²) in [5, 5.41) is 3.27. The molecule has 0 bridgehead atoms. The first kappa shape index (κ1) is 16.9. The molecule has 1 aromatic carbocycles. The monoisotopic (exact) mass is 303 g/mol. The number of hydrogen-bond donors (Lipinski definition) is 1. The third-order valence-corrected chi connectivity index (χ3v) is 4.80. The molecule has 0 heterocycles. The van der Waals surface area contributed by atoms with Gasteiger partial charge < -0.3 is 10.1 Å². The molecule has 2 rings (SSSR count). The minimum absolute atomic E-state index is 0.0550. The molecule has 22 heavy (non-hydrogen) atoms. The van der Waals surface area contributed by atoms with Crippen LogP contribution in [-0.4, -0.2) is 18.6 Å². The zero-order valence-electron chi connectivity index (χ0n) is 14.6. The van der Waals surface area contributed by atoms with Gasteiger partial charge in [0.1, 0.15) is 5.75 Å². The molecule has 3 nitrogen and oxygen atoms in total. The summed E-state index contributed by atoms with van der Waals surface area (Å²) in [6, 6.07) is 4.11. The van der Waals surface area contributed by atoms with E-state index in [1.165, 1.54) is 12.8 Å². The van der Waals surface area contributed by atoms with Crippen LogP contribution in [0.3, 0.4) is 0 Å². The molecular weight excluding hydrogens is 274 g/mol. The molecule has 0 aromatic heterocycles. The Hall–Kier alpha value is -1.51. The van der Waals surface area contributed by atoms with Crippen LogP contribution in [0.2, 0.25) is 0 Å². The maximum Gasteiger partial charge on any atom is 0.224 e. The van der Waals surface area contributed by atoms with Crippen molar-refractivity contribution < 1.29 is 9.53 Å². The zero-order chi connectivity index (χ0) is 16.3. The summed E-state index contributed by atoms with van der Waals surface area (Å²) in [6.07, 6.45) is 5.01. The third kappa shape index (κ3) is 4.02. The van der Waals surface area contributed by atoms with Gasteiger partial charge in [0, 0.05) is 11.1 Å². The van der Waals surface area contributed by atoms with Crippen LogP contribution >= 0.6 is 0 Å². The van der Waals surface area contributed by atoms with E-state index in [4.69, 9.17) is 4.74 Å². The van der Waals surface area contributed by atoms with Crippen molar-refractivity contribution in [1.82, 2.24) is 5.32 Å². The summed E-state index contributed by atoms with van der Waals surface area (Å²) in [5.74, 6) is 1.60. The number of ether oxygens (including phenoxy) is 1. The number of nitrogens with one attached hydrogen (secondary N) is 1. The van der Waals surface area contributed by atoms with Crippen molar-refractivity contribution in [3.63, 3.8) is 0 Å². The maximum atomic E-state index is 12.5. The Morgan fingerprint density at radius 3 is 2.77 bits per heavy atom. The van der Waals surface area contributed by atoms with Gasteiger partial charge in [-0.05, 0) is 56.7 Å². The van der Waals surface area contributed by atoms with E-state index in [0.717, 1.165) is 35.3 Å². The van der Waals surface area contributed by atoms with Crippen molar-refractivity contribution in [2.24, 2.45) is 5.92 Å². The molecule has 1 saturated carbocycles. The Morgan fingerprint density at radius 2 is 2.14 bits per heavy atom. The van der Waals surface area contributed by atoms with E-state index < -0.39 is 0 Å². The van der Waals surface area contributed by atoms with E-state index in [0.29, 0.717) is 12.3 Å². The van der Waals surface area contributed by atoms with E-state index in [9.17, 15) is 4.79 Å². The first-order valence-electron chi connectivity index (χ1n) is 8.28. The number of hydrogen-bond acceptors (Lipinski definition) is 2. The highest BCUT2D eigenvalue weighted by Gasteiger charge is 2.31. The molecule has 1 fully saturated rings. The molecule has 1 aliphatic carbocycles. The van der Waals surface area contributed by atoms with Gasteiger partial charge in [0.15, 0.2) is 0 Å². The topological polar surface area (TPSA) is 38.3 Å². The zero-order valence-corrected chi connectivity index (χ0v) is 14.6. The van der Waals surface area contributed by atoms with Crippen LogP contribution in [0.5, 0.6) is 5.75 Å². The van der Waals surface area contributed by atoms with Crippen molar-refractivity contribution in [2.45, 2.75) is 65.3 Å². The molecule has 2 atom stereocenters. The summed E-state index contributed by atoms with van der Waals surface area (Å²) in [5.41, 5.74) is 3.22. The van der Waals surface area contributed by atoms with Gasteiger partial charge in [-0.1, -0.05) is 25.8 Å². The Balaban J connectivity index is 2.09. The quantitative estimate of drug-likeness (QED) is 0.915. The predicted octanol–water partition coefficient (Wildman–Crippen LogP) is 3.94. The lowest BCUT2D eigenvalue weighted by Crippen LogP contribution is -2.49. The van der Waals surface area contributed by atoms with Crippen LogP contribution in [0.25, 0.3) is 0 Å². The molecule has 0 saturated heterocycles. The first-order valence-corrected chi connectivity index (χ1v) is 8.28. The molecule has 0 spiro atoms. The van der Waals surface area contributed by atoms with Crippen molar-refractivity contribution in [3.05, 3.63) is 28.8 Å². The summed E-state index contributed by atoms with van der Waals surface area (Å²) < 4.78 is 5.46. The Labute approximate surface area is 134 Å². The second-order valence-electron chi connectivity index (χ2n) is 7.25. The predicted molar refractivity (Wildman–Crippen MR) is 90.4 cm³/mol. The average Bonchev–Trinajstić information content (AvgIpc) is 2.40. The van der Waals surface area contributed by atoms with Crippen molar-refractivity contribution >= 4 is 5.91 Å². The molecule has 0 aliphatic heterocycles. The van der Waals surface area contributed by atoms with Crippen LogP contribution in [0, 0.1) is 19.8 Å². The average molecular weight is 303 g/mol. The molecule has 2 unspecified atom stereocenters. The number of amides is 1. The lowest BCUT2D eigenvalue weighted by atomic mass is 9.77. The summed E-state index contributed by atoms with van der Waals surface area (Å²) >= 11 is 0. The lowest BCUT2D eigenvalue weighted by Gasteiger charge is -2.37. The molecule has 1 N–H and O–H groups in total. The van der Waals surface area contributed by atoms with Crippen molar-refractivity contribution in [3.8, 4) is 5.75 Å². The molecule has 1 amide bonds. The van der Waals surface area contributed by atoms with Crippen LogP contribution in [0.15, 0.2) is 12.1 Å². The smallest absolute Gasteiger partial charge is 0.224 e. The van der Waals surface area contributed by atoms with Crippen molar-refractivity contribution in [1.29, 1.82) is 0 Å². The molecule has 3 heteroatoms. The van der Waals surface area contributed by atoms with Crippen LogP contribution < -0.4 is 10.1 Å². The van der Waals surface area contributed by atoms with Crippen molar-refractivity contribution in [2.75, 3.05) is 7.11 Å². The molecule has 1 aliphatic rings. The van der Waals surface area contributed by atoms with E-state index in [2.05, 4.69) is 25.2 Å². The highest BCUT2D eigenvalue weighted by atomic mass is 16.5. The van der Waals surface area contributed by atoms with Crippen LogP contribution in [0.1, 0.15) is 56.2 Å². The highest BCUT2D eigenvalue weighted by molar-refractivity contribution is 5.80. The van der Waals surface area contributed by atoms with E-state index in [1.807, 2.05) is 19.9 Å². The van der Waals surface area contributed by atoms with Gasteiger partial charge in [-0.3, -0.25) is 4.79 Å². The van der Waals surface area contributed by atoms with Gasteiger partial charge in [0.05, 0.1) is 13.5 Å². The third-order valence-electron chi connectivity index (χ3n) is 4.80. The Bertz CT molecular complexity index is 553. The van der Waals surface area contributed by atoms with Gasteiger partial charge in [-0.25, -0.2) is 0 Å². The second kappa shape index (κ2) is 6.72. The number of methoxy groups -OCH3 is 1. The lowest BCUT2D eigenvalue weighted by molar-refractivity contribution is -0.122. The molecule has 0 radical (unpaired) electrons. The van der Waals surface area contributed by atoms with Gasteiger partial charge in [-0.2, -0.15) is 0 Å². The number of rotatable bonds is 4.